The largest absolute Gasteiger partial charge is 0.481 e. The smallest absolute Gasteiger partial charge is 0.261 e. The van der Waals surface area contributed by atoms with Gasteiger partial charge in [0.05, 0.1) is 11.5 Å². The minimum absolute atomic E-state index is 0.00458. The molecule has 1 aromatic carbocycles. The van der Waals surface area contributed by atoms with Crippen molar-refractivity contribution in [2.24, 2.45) is 0 Å². The van der Waals surface area contributed by atoms with Crippen molar-refractivity contribution in [2.45, 2.75) is 39.3 Å². The lowest BCUT2D eigenvalue weighted by Gasteiger charge is -2.18. The summed E-state index contributed by atoms with van der Waals surface area (Å²) in [6, 6.07) is 3.23. The van der Waals surface area contributed by atoms with E-state index in [0.717, 1.165) is 11.1 Å². The molecule has 1 amide bonds. The van der Waals surface area contributed by atoms with Crippen molar-refractivity contribution in [1.82, 2.24) is 5.32 Å². The Labute approximate surface area is 135 Å². The minimum atomic E-state index is -3.01. The number of aryl methyl sites for hydroxylation is 2. The fourth-order valence-corrected chi connectivity index (χ4v) is 4.24. The van der Waals surface area contributed by atoms with Crippen LogP contribution in [0.5, 0.6) is 5.75 Å². The molecule has 1 saturated heterocycles. The van der Waals surface area contributed by atoms with E-state index in [1.807, 2.05) is 13.8 Å². The highest BCUT2D eigenvalue weighted by Crippen LogP contribution is 2.26. The SMILES string of the molecule is Cc1cc(O[C@@H](C)C(=O)N[C@@H]2CCS(=O)(=O)C2)cc(C)c1Cl. The molecule has 0 unspecified atom stereocenters. The Balaban J connectivity index is 1.97. The van der Waals surface area contributed by atoms with Crippen LogP contribution in [0.4, 0.5) is 0 Å². The van der Waals surface area contributed by atoms with Gasteiger partial charge in [-0.1, -0.05) is 11.6 Å². The Kier molecular flexibility index (Phi) is 5.02. The van der Waals surface area contributed by atoms with Crippen LogP contribution in [0.2, 0.25) is 5.02 Å². The molecule has 22 heavy (non-hydrogen) atoms. The molecule has 1 aliphatic rings. The van der Waals surface area contributed by atoms with E-state index >= 15 is 0 Å². The predicted octanol–water partition coefficient (Wildman–Crippen LogP) is 2.03. The van der Waals surface area contributed by atoms with E-state index in [1.54, 1.807) is 19.1 Å². The number of nitrogens with one attached hydrogen (secondary N) is 1. The quantitative estimate of drug-likeness (QED) is 0.906. The molecule has 0 radical (unpaired) electrons. The first kappa shape index (κ1) is 17.1. The number of amides is 1. The molecule has 0 saturated carbocycles. The van der Waals surface area contributed by atoms with Gasteiger partial charge in [-0.25, -0.2) is 8.42 Å². The fourth-order valence-electron chi connectivity index (χ4n) is 2.46. The number of carbonyl (C=O) groups excluding carboxylic acids is 1. The van der Waals surface area contributed by atoms with Crippen LogP contribution in [0.3, 0.4) is 0 Å². The monoisotopic (exact) mass is 345 g/mol. The van der Waals surface area contributed by atoms with E-state index in [9.17, 15) is 13.2 Å². The highest BCUT2D eigenvalue weighted by atomic mass is 35.5. The molecule has 0 spiro atoms. The van der Waals surface area contributed by atoms with E-state index < -0.39 is 15.9 Å². The van der Waals surface area contributed by atoms with E-state index in [1.165, 1.54) is 0 Å². The molecule has 1 aliphatic heterocycles. The summed E-state index contributed by atoms with van der Waals surface area (Å²) in [5, 5.41) is 3.41. The molecular formula is C15H20ClNO4S. The lowest BCUT2D eigenvalue weighted by atomic mass is 10.1. The molecule has 0 aliphatic carbocycles. The Bertz CT molecular complexity index is 664. The molecule has 1 aromatic rings. The summed E-state index contributed by atoms with van der Waals surface area (Å²) < 4.78 is 28.4. The summed E-state index contributed by atoms with van der Waals surface area (Å²) in [5.74, 6) is 0.390. The molecule has 2 atom stereocenters. The van der Waals surface area contributed by atoms with Gasteiger partial charge in [0.1, 0.15) is 5.75 Å². The number of sulfone groups is 1. The van der Waals surface area contributed by atoms with Crippen LogP contribution in [0.1, 0.15) is 24.5 Å². The first-order valence-corrected chi connectivity index (χ1v) is 9.32. The lowest BCUT2D eigenvalue weighted by Crippen LogP contribution is -2.43. The number of halogens is 1. The van der Waals surface area contributed by atoms with Crippen molar-refractivity contribution in [3.63, 3.8) is 0 Å². The van der Waals surface area contributed by atoms with E-state index in [-0.39, 0.29) is 23.5 Å². The van der Waals surface area contributed by atoms with Gasteiger partial charge >= 0.3 is 0 Å². The molecule has 5 nitrogen and oxygen atoms in total. The molecular weight excluding hydrogens is 326 g/mol. The van der Waals surface area contributed by atoms with Crippen LogP contribution in [-0.4, -0.2) is 38.0 Å². The van der Waals surface area contributed by atoms with Crippen LogP contribution >= 0.6 is 11.6 Å². The Morgan fingerprint density at radius 3 is 2.45 bits per heavy atom. The summed E-state index contributed by atoms with van der Waals surface area (Å²) in [7, 11) is -3.01. The van der Waals surface area contributed by atoms with Gasteiger partial charge in [0.25, 0.3) is 5.91 Å². The number of hydrogen-bond donors (Lipinski definition) is 1. The van der Waals surface area contributed by atoms with Gasteiger partial charge in [-0.2, -0.15) is 0 Å². The maximum atomic E-state index is 12.1. The molecule has 1 fully saturated rings. The second kappa shape index (κ2) is 6.46. The van der Waals surface area contributed by atoms with Gasteiger partial charge < -0.3 is 10.1 Å². The number of ether oxygens (including phenoxy) is 1. The molecule has 2 rings (SSSR count). The molecule has 1 N–H and O–H groups in total. The second-order valence-corrected chi connectivity index (χ2v) is 8.35. The molecule has 122 valence electrons. The first-order chi connectivity index (χ1) is 10.2. The maximum Gasteiger partial charge on any atom is 0.261 e. The van der Waals surface area contributed by atoms with Crippen molar-refractivity contribution in [3.8, 4) is 5.75 Å². The third kappa shape index (κ3) is 4.14. The van der Waals surface area contributed by atoms with E-state index in [4.69, 9.17) is 16.3 Å². The third-order valence-corrected chi connectivity index (χ3v) is 6.03. The van der Waals surface area contributed by atoms with Gasteiger partial charge in [0.15, 0.2) is 15.9 Å². The zero-order chi connectivity index (χ0) is 16.5. The normalized spacial score (nSPS) is 21.4. The second-order valence-electron chi connectivity index (χ2n) is 5.74. The van der Waals surface area contributed by atoms with Crippen LogP contribution in [0.15, 0.2) is 12.1 Å². The average Bonchev–Trinajstić information content (AvgIpc) is 2.75. The Morgan fingerprint density at radius 2 is 1.95 bits per heavy atom. The topological polar surface area (TPSA) is 72.5 Å². The van der Waals surface area contributed by atoms with Gasteiger partial charge in [-0.3, -0.25) is 4.79 Å². The van der Waals surface area contributed by atoms with Gasteiger partial charge in [0.2, 0.25) is 0 Å². The number of benzene rings is 1. The van der Waals surface area contributed by atoms with E-state index in [2.05, 4.69) is 5.32 Å². The summed E-state index contributed by atoms with van der Waals surface area (Å²) in [5.41, 5.74) is 1.76. The van der Waals surface area contributed by atoms with Crippen molar-refractivity contribution in [3.05, 3.63) is 28.3 Å². The van der Waals surface area contributed by atoms with E-state index in [0.29, 0.717) is 17.2 Å². The summed E-state index contributed by atoms with van der Waals surface area (Å²) in [4.78, 5) is 12.1. The minimum Gasteiger partial charge on any atom is -0.481 e. The number of carbonyl (C=O) groups is 1. The molecule has 1 heterocycles. The van der Waals surface area contributed by atoms with Crippen LogP contribution in [0, 0.1) is 13.8 Å². The zero-order valence-electron chi connectivity index (χ0n) is 12.8. The third-order valence-electron chi connectivity index (χ3n) is 3.67. The van der Waals surface area contributed by atoms with Crippen LogP contribution < -0.4 is 10.1 Å². The summed E-state index contributed by atoms with van der Waals surface area (Å²) in [6.07, 6.45) is -0.247. The highest BCUT2D eigenvalue weighted by Gasteiger charge is 2.30. The fraction of sp³-hybridized carbons (Fsp3) is 0.533. The molecule has 0 bridgehead atoms. The van der Waals surface area contributed by atoms with Crippen molar-refractivity contribution in [1.29, 1.82) is 0 Å². The Hall–Kier alpha value is -1.27. The van der Waals surface area contributed by atoms with Crippen molar-refractivity contribution in [2.75, 3.05) is 11.5 Å². The molecule has 0 aromatic heterocycles. The Morgan fingerprint density at radius 1 is 1.36 bits per heavy atom. The maximum absolute atomic E-state index is 12.1. The van der Waals surface area contributed by atoms with Crippen molar-refractivity contribution < 1.29 is 17.9 Å². The number of hydrogen-bond acceptors (Lipinski definition) is 4. The van der Waals surface area contributed by atoms with Gasteiger partial charge in [0, 0.05) is 11.1 Å². The lowest BCUT2D eigenvalue weighted by molar-refractivity contribution is -0.127. The summed E-state index contributed by atoms with van der Waals surface area (Å²) >= 11 is 6.10. The standard InChI is InChI=1S/C15H20ClNO4S/c1-9-6-13(7-10(2)14(9)16)21-11(3)15(18)17-12-4-5-22(19,20)8-12/h6-7,11-12H,4-5,8H2,1-3H3,(H,17,18)/t11-,12+/m0/s1. The molecule has 7 heteroatoms. The van der Waals surface area contributed by atoms with Crippen molar-refractivity contribution >= 4 is 27.3 Å². The average molecular weight is 346 g/mol. The highest BCUT2D eigenvalue weighted by molar-refractivity contribution is 7.91. The zero-order valence-corrected chi connectivity index (χ0v) is 14.4. The van der Waals surface area contributed by atoms with Gasteiger partial charge in [-0.15, -0.1) is 0 Å². The van der Waals surface area contributed by atoms with Crippen LogP contribution in [-0.2, 0) is 14.6 Å². The van der Waals surface area contributed by atoms with Gasteiger partial charge in [-0.05, 0) is 50.5 Å². The predicted molar refractivity (Wildman–Crippen MR) is 86.2 cm³/mol. The van der Waals surface area contributed by atoms with Crippen LogP contribution in [0.25, 0.3) is 0 Å². The summed E-state index contributed by atoms with van der Waals surface area (Å²) in [6.45, 7) is 5.38. The first-order valence-electron chi connectivity index (χ1n) is 7.12. The number of rotatable bonds is 4.